The molecule has 4 heteroatoms. The molecular formula is C27H21NO3. The van der Waals surface area contributed by atoms with E-state index in [4.69, 9.17) is 0 Å². The normalized spacial score (nSPS) is 14.5. The molecule has 0 bridgehead atoms. The van der Waals surface area contributed by atoms with Crippen LogP contribution in [-0.2, 0) is 16.8 Å². The number of rotatable bonds is 4. The minimum absolute atomic E-state index is 0.0612. The van der Waals surface area contributed by atoms with E-state index >= 15 is 0 Å². The van der Waals surface area contributed by atoms with Crippen molar-refractivity contribution in [2.24, 2.45) is 0 Å². The number of hydrogen-bond donors (Lipinski definition) is 2. The number of benzene rings is 4. The third-order valence-corrected chi connectivity index (χ3v) is 5.95. The second-order valence-electron chi connectivity index (χ2n) is 7.74. The van der Waals surface area contributed by atoms with E-state index in [9.17, 15) is 15.0 Å². The summed E-state index contributed by atoms with van der Waals surface area (Å²) in [6.45, 7) is 0.453. The highest BCUT2D eigenvalue weighted by Gasteiger charge is 2.53. The number of anilines is 1. The summed E-state index contributed by atoms with van der Waals surface area (Å²) >= 11 is 0. The van der Waals surface area contributed by atoms with E-state index in [0.29, 0.717) is 6.54 Å². The van der Waals surface area contributed by atoms with Gasteiger partial charge in [0.15, 0.2) is 0 Å². The molecule has 0 aliphatic carbocycles. The first-order chi connectivity index (χ1) is 15.1. The Hall–Kier alpha value is -4.05. The van der Waals surface area contributed by atoms with Crippen molar-refractivity contribution in [3.05, 3.63) is 125 Å². The molecule has 0 radical (unpaired) electrons. The fraction of sp³-hybridized carbons (Fsp3) is 0.0741. The van der Waals surface area contributed by atoms with Gasteiger partial charge in [0.05, 0.1) is 6.54 Å². The van der Waals surface area contributed by atoms with Crippen LogP contribution < -0.4 is 4.90 Å². The average molecular weight is 407 g/mol. The smallest absolute Gasteiger partial charge is 0.247 e. The number of para-hydroxylation sites is 1. The van der Waals surface area contributed by atoms with Crippen LogP contribution in [0.2, 0.25) is 0 Å². The largest absolute Gasteiger partial charge is 0.508 e. The van der Waals surface area contributed by atoms with Crippen molar-refractivity contribution in [2.75, 3.05) is 4.90 Å². The van der Waals surface area contributed by atoms with Crippen molar-refractivity contribution in [3.63, 3.8) is 0 Å². The maximum atomic E-state index is 14.3. The van der Waals surface area contributed by atoms with Crippen LogP contribution in [0.4, 0.5) is 5.69 Å². The Bertz CT molecular complexity index is 1190. The molecule has 1 heterocycles. The fourth-order valence-electron chi connectivity index (χ4n) is 4.52. The van der Waals surface area contributed by atoms with E-state index in [1.807, 2.05) is 59.5 Å². The lowest BCUT2D eigenvalue weighted by Crippen LogP contribution is -2.42. The summed E-state index contributed by atoms with van der Waals surface area (Å²) in [4.78, 5) is 16.1. The van der Waals surface area contributed by atoms with E-state index < -0.39 is 5.41 Å². The molecule has 0 aromatic heterocycles. The predicted octanol–water partition coefficient (Wildman–Crippen LogP) is 4.98. The SMILES string of the molecule is O=C1N(Cc2ccccc2)c2ccccc2C1(c1ccc(O)cc1)c1ccc(O)cc1. The molecule has 0 unspecified atom stereocenters. The maximum Gasteiger partial charge on any atom is 0.247 e. The van der Waals surface area contributed by atoms with E-state index in [-0.39, 0.29) is 17.4 Å². The second kappa shape index (κ2) is 7.33. The number of fused-ring (bicyclic) bond motifs is 1. The molecule has 1 aliphatic heterocycles. The molecule has 0 saturated heterocycles. The van der Waals surface area contributed by atoms with E-state index in [0.717, 1.165) is 27.9 Å². The summed E-state index contributed by atoms with van der Waals surface area (Å²) in [7, 11) is 0. The topological polar surface area (TPSA) is 60.8 Å². The van der Waals surface area contributed by atoms with Crippen molar-refractivity contribution < 1.29 is 15.0 Å². The standard InChI is InChI=1S/C27H21NO3/c29-22-14-10-20(11-15-22)27(21-12-16-23(30)17-13-21)24-8-4-5-9-25(24)28(26(27)31)18-19-6-2-1-3-7-19/h1-17,29-30H,18H2. The number of carbonyl (C=O) groups is 1. The van der Waals surface area contributed by atoms with Crippen LogP contribution in [0.5, 0.6) is 11.5 Å². The second-order valence-corrected chi connectivity index (χ2v) is 7.74. The number of aromatic hydroxyl groups is 2. The molecule has 0 atom stereocenters. The number of phenols is 2. The molecule has 4 aromatic carbocycles. The molecule has 4 aromatic rings. The van der Waals surface area contributed by atoms with Crippen LogP contribution in [0.3, 0.4) is 0 Å². The third kappa shape index (κ3) is 2.96. The first-order valence-electron chi connectivity index (χ1n) is 10.1. The number of amides is 1. The minimum atomic E-state index is -1.08. The van der Waals surface area contributed by atoms with Crippen LogP contribution in [0.15, 0.2) is 103 Å². The first-order valence-corrected chi connectivity index (χ1v) is 10.1. The Morgan fingerprint density at radius 2 is 1.16 bits per heavy atom. The summed E-state index contributed by atoms with van der Waals surface area (Å²) in [6.07, 6.45) is 0. The molecule has 1 amide bonds. The quantitative estimate of drug-likeness (QED) is 0.502. The van der Waals surface area contributed by atoms with Crippen molar-refractivity contribution >= 4 is 11.6 Å². The lowest BCUT2D eigenvalue weighted by molar-refractivity contribution is -0.120. The van der Waals surface area contributed by atoms with Crippen molar-refractivity contribution in [3.8, 4) is 11.5 Å². The van der Waals surface area contributed by atoms with Crippen LogP contribution in [0, 0.1) is 0 Å². The molecular weight excluding hydrogens is 386 g/mol. The van der Waals surface area contributed by atoms with Crippen LogP contribution >= 0.6 is 0 Å². The first kappa shape index (κ1) is 18.9. The zero-order chi connectivity index (χ0) is 21.4. The van der Waals surface area contributed by atoms with Crippen molar-refractivity contribution in [1.29, 1.82) is 0 Å². The van der Waals surface area contributed by atoms with Gasteiger partial charge in [-0.25, -0.2) is 0 Å². The van der Waals surface area contributed by atoms with Gasteiger partial charge in [0.1, 0.15) is 16.9 Å². The van der Waals surface area contributed by atoms with Gasteiger partial charge in [-0.1, -0.05) is 72.8 Å². The monoisotopic (exact) mass is 407 g/mol. The van der Waals surface area contributed by atoms with Crippen LogP contribution in [-0.4, -0.2) is 16.1 Å². The molecule has 5 rings (SSSR count). The molecule has 1 aliphatic rings. The van der Waals surface area contributed by atoms with Gasteiger partial charge in [-0.05, 0) is 47.0 Å². The van der Waals surface area contributed by atoms with Crippen LogP contribution in [0.25, 0.3) is 0 Å². The highest BCUT2D eigenvalue weighted by molar-refractivity contribution is 6.12. The fourth-order valence-corrected chi connectivity index (χ4v) is 4.52. The lowest BCUT2D eigenvalue weighted by atomic mass is 9.70. The van der Waals surface area contributed by atoms with Crippen LogP contribution in [0.1, 0.15) is 22.3 Å². The van der Waals surface area contributed by atoms with E-state index in [1.54, 1.807) is 48.5 Å². The zero-order valence-corrected chi connectivity index (χ0v) is 16.8. The summed E-state index contributed by atoms with van der Waals surface area (Å²) in [5, 5.41) is 19.7. The van der Waals surface area contributed by atoms with E-state index in [2.05, 4.69) is 0 Å². The Morgan fingerprint density at radius 1 is 0.645 bits per heavy atom. The highest BCUT2D eigenvalue weighted by atomic mass is 16.3. The molecule has 0 fully saturated rings. The molecule has 31 heavy (non-hydrogen) atoms. The lowest BCUT2D eigenvalue weighted by Gasteiger charge is -2.30. The third-order valence-electron chi connectivity index (χ3n) is 5.95. The zero-order valence-electron chi connectivity index (χ0n) is 16.8. The van der Waals surface area contributed by atoms with Gasteiger partial charge < -0.3 is 15.1 Å². The molecule has 4 nitrogen and oxygen atoms in total. The van der Waals surface area contributed by atoms with Gasteiger partial charge in [-0.2, -0.15) is 0 Å². The predicted molar refractivity (Wildman–Crippen MR) is 120 cm³/mol. The summed E-state index contributed by atoms with van der Waals surface area (Å²) in [6, 6.07) is 31.3. The minimum Gasteiger partial charge on any atom is -0.508 e. The summed E-state index contributed by atoms with van der Waals surface area (Å²) in [5.41, 5.74) is 3.24. The summed E-state index contributed by atoms with van der Waals surface area (Å²) in [5.74, 6) is 0.225. The summed E-state index contributed by atoms with van der Waals surface area (Å²) < 4.78 is 0. The number of hydrogen-bond acceptors (Lipinski definition) is 3. The van der Waals surface area contributed by atoms with Gasteiger partial charge in [0.25, 0.3) is 0 Å². The molecule has 0 spiro atoms. The molecule has 0 saturated carbocycles. The van der Waals surface area contributed by atoms with Gasteiger partial charge in [0.2, 0.25) is 5.91 Å². The van der Waals surface area contributed by atoms with Gasteiger partial charge in [0, 0.05) is 11.3 Å². The van der Waals surface area contributed by atoms with Gasteiger partial charge in [-0.15, -0.1) is 0 Å². The number of nitrogens with zero attached hydrogens (tertiary/aromatic N) is 1. The number of carbonyl (C=O) groups excluding carboxylic acids is 1. The van der Waals surface area contributed by atoms with E-state index in [1.165, 1.54) is 0 Å². The van der Waals surface area contributed by atoms with Crippen molar-refractivity contribution in [2.45, 2.75) is 12.0 Å². The van der Waals surface area contributed by atoms with Gasteiger partial charge >= 0.3 is 0 Å². The molecule has 2 N–H and O–H groups in total. The number of phenolic OH excluding ortho intramolecular Hbond substituents is 2. The Kier molecular flexibility index (Phi) is 4.48. The average Bonchev–Trinajstić information content (AvgIpc) is 3.05. The maximum absolute atomic E-state index is 14.3. The van der Waals surface area contributed by atoms with Gasteiger partial charge in [-0.3, -0.25) is 4.79 Å². The Morgan fingerprint density at radius 3 is 1.74 bits per heavy atom. The molecule has 152 valence electrons. The Labute approximate surface area is 180 Å². The van der Waals surface area contributed by atoms with Crippen molar-refractivity contribution in [1.82, 2.24) is 0 Å². The highest BCUT2D eigenvalue weighted by Crippen LogP contribution is 2.51. The Balaban J connectivity index is 1.76.